The molecule has 7 nitrogen and oxygen atoms in total. The first-order valence-electron chi connectivity index (χ1n) is 12.6. The zero-order chi connectivity index (χ0) is 25.0. The number of hydrogen-bond donors (Lipinski definition) is 2. The van der Waals surface area contributed by atoms with E-state index in [2.05, 4.69) is 29.6 Å². The van der Waals surface area contributed by atoms with Gasteiger partial charge in [-0.15, -0.1) is 0 Å². The van der Waals surface area contributed by atoms with E-state index in [1.54, 1.807) is 0 Å². The number of benzene rings is 2. The van der Waals surface area contributed by atoms with Gasteiger partial charge in [-0.1, -0.05) is 68.8 Å². The molecule has 0 bridgehead atoms. The molecule has 2 unspecified atom stereocenters. The number of likely N-dealkylation sites (tertiary alicyclic amines) is 1. The third kappa shape index (κ3) is 4.64. The second-order valence-electron chi connectivity index (χ2n) is 9.49. The minimum Gasteiger partial charge on any atom is -0.479 e. The molecule has 186 valence electrons. The van der Waals surface area contributed by atoms with E-state index in [4.69, 9.17) is 4.74 Å². The molecular weight excluding hydrogens is 444 g/mol. The summed E-state index contributed by atoms with van der Waals surface area (Å²) in [6, 6.07) is 16.3. The van der Waals surface area contributed by atoms with Crippen molar-refractivity contribution >= 4 is 18.0 Å². The highest BCUT2D eigenvalue weighted by Crippen LogP contribution is 2.44. The number of rotatable bonds is 9. The lowest BCUT2D eigenvalue weighted by Gasteiger charge is -2.36. The molecule has 0 aromatic heterocycles. The molecule has 2 aromatic carbocycles. The van der Waals surface area contributed by atoms with E-state index in [0.717, 1.165) is 22.3 Å². The van der Waals surface area contributed by atoms with E-state index in [1.165, 1.54) is 4.90 Å². The van der Waals surface area contributed by atoms with Gasteiger partial charge in [0.15, 0.2) is 0 Å². The lowest BCUT2D eigenvalue weighted by atomic mass is 9.89. The van der Waals surface area contributed by atoms with Crippen LogP contribution in [0.5, 0.6) is 0 Å². The monoisotopic (exact) mass is 478 g/mol. The number of fused-ring (bicyclic) bond motifs is 3. The second-order valence-corrected chi connectivity index (χ2v) is 9.49. The van der Waals surface area contributed by atoms with Crippen LogP contribution in [0.3, 0.4) is 0 Å². The molecule has 2 aliphatic rings. The van der Waals surface area contributed by atoms with Gasteiger partial charge in [-0.25, -0.2) is 9.59 Å². The average molecular weight is 479 g/mol. The number of aliphatic carboxylic acids is 1. The number of nitrogens with one attached hydrogen (secondary N) is 1. The summed E-state index contributed by atoms with van der Waals surface area (Å²) >= 11 is 0. The SMILES string of the molecule is CCCC1(C(=O)O)CCCN1C(=O)C(CC)CNC(=O)OCC1c2ccccc2-c2ccccc21. The summed E-state index contributed by atoms with van der Waals surface area (Å²) in [5.74, 6) is -1.68. The highest BCUT2D eigenvalue weighted by molar-refractivity contribution is 5.89. The second kappa shape index (κ2) is 10.5. The summed E-state index contributed by atoms with van der Waals surface area (Å²) in [6.07, 6.45) is 2.19. The van der Waals surface area contributed by atoms with Crippen molar-refractivity contribution in [1.29, 1.82) is 0 Å². The summed E-state index contributed by atoms with van der Waals surface area (Å²) < 4.78 is 5.59. The minimum absolute atomic E-state index is 0.0356. The number of carboxylic acid groups (broad SMARTS) is 1. The molecule has 2 atom stereocenters. The third-order valence-electron chi connectivity index (χ3n) is 7.49. The fourth-order valence-electron chi connectivity index (χ4n) is 5.69. The van der Waals surface area contributed by atoms with Crippen LogP contribution in [0, 0.1) is 5.92 Å². The number of ether oxygens (including phenoxy) is 1. The largest absolute Gasteiger partial charge is 0.479 e. The highest BCUT2D eigenvalue weighted by atomic mass is 16.5. The molecule has 0 radical (unpaired) electrons. The minimum atomic E-state index is -1.14. The van der Waals surface area contributed by atoms with Crippen molar-refractivity contribution in [2.24, 2.45) is 5.92 Å². The fourth-order valence-corrected chi connectivity index (χ4v) is 5.69. The molecule has 1 heterocycles. The van der Waals surface area contributed by atoms with Crippen molar-refractivity contribution in [3.63, 3.8) is 0 Å². The fraction of sp³-hybridized carbons (Fsp3) is 0.464. The van der Waals surface area contributed by atoms with Gasteiger partial charge < -0.3 is 20.1 Å². The molecule has 1 saturated heterocycles. The number of nitrogens with zero attached hydrogens (tertiary/aromatic N) is 1. The Morgan fingerprint density at radius 3 is 2.29 bits per heavy atom. The van der Waals surface area contributed by atoms with Crippen molar-refractivity contribution in [3.05, 3.63) is 59.7 Å². The number of carbonyl (C=O) groups excluding carboxylic acids is 2. The maximum absolute atomic E-state index is 13.3. The molecule has 2 N–H and O–H groups in total. The Labute approximate surface area is 206 Å². The first kappa shape index (κ1) is 24.8. The number of hydrogen-bond acceptors (Lipinski definition) is 4. The maximum Gasteiger partial charge on any atom is 0.407 e. The Kier molecular flexibility index (Phi) is 7.43. The van der Waals surface area contributed by atoms with Gasteiger partial charge in [-0.3, -0.25) is 4.79 Å². The van der Waals surface area contributed by atoms with Gasteiger partial charge >= 0.3 is 12.1 Å². The van der Waals surface area contributed by atoms with Crippen LogP contribution in [0.2, 0.25) is 0 Å². The van der Waals surface area contributed by atoms with Gasteiger partial charge in [0.05, 0.1) is 5.92 Å². The number of alkyl carbamates (subject to hydrolysis) is 1. The van der Waals surface area contributed by atoms with Crippen LogP contribution in [0.1, 0.15) is 63.0 Å². The molecule has 0 spiro atoms. The molecule has 7 heteroatoms. The third-order valence-corrected chi connectivity index (χ3v) is 7.49. The molecule has 35 heavy (non-hydrogen) atoms. The molecule has 4 rings (SSSR count). The van der Waals surface area contributed by atoms with Crippen molar-refractivity contribution in [2.45, 2.75) is 57.4 Å². The quantitative estimate of drug-likeness (QED) is 0.540. The Morgan fingerprint density at radius 2 is 1.71 bits per heavy atom. The standard InChI is InChI=1S/C28H34N2O5/c1-3-14-28(26(32)33)15-9-16-30(28)25(31)19(4-2)17-29-27(34)35-18-24-22-12-7-5-10-20(22)21-11-6-8-13-23(21)24/h5-8,10-13,19,24H,3-4,9,14-18H2,1-2H3,(H,29,34)(H,32,33). The van der Waals surface area contributed by atoms with Crippen molar-refractivity contribution in [2.75, 3.05) is 19.7 Å². The number of carboxylic acids is 1. The number of amides is 2. The summed E-state index contributed by atoms with van der Waals surface area (Å²) in [4.78, 5) is 39.5. The van der Waals surface area contributed by atoms with Crippen molar-refractivity contribution in [3.8, 4) is 11.1 Å². The van der Waals surface area contributed by atoms with Gasteiger partial charge in [0.25, 0.3) is 0 Å². The molecule has 1 aliphatic carbocycles. The molecule has 1 fully saturated rings. The van der Waals surface area contributed by atoms with Gasteiger partial charge in [0.2, 0.25) is 5.91 Å². The van der Waals surface area contributed by atoms with E-state index < -0.39 is 23.5 Å². The van der Waals surface area contributed by atoms with Crippen molar-refractivity contribution < 1.29 is 24.2 Å². The Balaban J connectivity index is 1.37. The smallest absolute Gasteiger partial charge is 0.407 e. The van der Waals surface area contributed by atoms with E-state index in [9.17, 15) is 19.5 Å². The zero-order valence-electron chi connectivity index (χ0n) is 20.5. The average Bonchev–Trinajstić information content (AvgIpc) is 3.43. The molecular formula is C28H34N2O5. The van der Waals surface area contributed by atoms with Gasteiger partial charge in [0, 0.05) is 19.0 Å². The van der Waals surface area contributed by atoms with Gasteiger partial charge in [-0.2, -0.15) is 0 Å². The van der Waals surface area contributed by atoms with Crippen LogP contribution in [0.4, 0.5) is 4.79 Å². The number of carbonyl (C=O) groups is 3. The van der Waals surface area contributed by atoms with Crippen LogP contribution in [0.15, 0.2) is 48.5 Å². The van der Waals surface area contributed by atoms with Gasteiger partial charge in [-0.05, 0) is 47.9 Å². The van der Waals surface area contributed by atoms with E-state index in [1.807, 2.05) is 38.1 Å². The van der Waals surface area contributed by atoms with Crippen LogP contribution in [-0.2, 0) is 14.3 Å². The maximum atomic E-state index is 13.3. The normalized spacial score (nSPS) is 19.7. The Bertz CT molecular complexity index is 1050. The Hall–Kier alpha value is -3.35. The van der Waals surface area contributed by atoms with Crippen molar-refractivity contribution in [1.82, 2.24) is 10.2 Å². The van der Waals surface area contributed by atoms with Crippen LogP contribution >= 0.6 is 0 Å². The lowest BCUT2D eigenvalue weighted by molar-refractivity contribution is -0.158. The van der Waals surface area contributed by atoms with E-state index in [0.29, 0.717) is 38.6 Å². The first-order chi connectivity index (χ1) is 16.9. The van der Waals surface area contributed by atoms with Crippen LogP contribution < -0.4 is 5.32 Å². The highest BCUT2D eigenvalue weighted by Gasteiger charge is 2.50. The van der Waals surface area contributed by atoms with E-state index >= 15 is 0 Å². The predicted octanol–water partition coefficient (Wildman–Crippen LogP) is 4.80. The van der Waals surface area contributed by atoms with E-state index in [-0.39, 0.29) is 25.0 Å². The Morgan fingerprint density at radius 1 is 1.09 bits per heavy atom. The molecule has 0 saturated carbocycles. The lowest BCUT2D eigenvalue weighted by Crippen LogP contribution is -2.55. The summed E-state index contributed by atoms with van der Waals surface area (Å²) in [5.41, 5.74) is 3.46. The topological polar surface area (TPSA) is 95.9 Å². The van der Waals surface area contributed by atoms with Crippen LogP contribution in [0.25, 0.3) is 11.1 Å². The molecule has 2 amide bonds. The van der Waals surface area contributed by atoms with Gasteiger partial charge in [0.1, 0.15) is 12.1 Å². The summed E-state index contributed by atoms with van der Waals surface area (Å²) in [6.45, 7) is 4.56. The zero-order valence-corrected chi connectivity index (χ0v) is 20.5. The summed E-state index contributed by atoms with van der Waals surface area (Å²) in [7, 11) is 0. The molecule has 1 aliphatic heterocycles. The molecule has 2 aromatic rings. The predicted molar refractivity (Wildman–Crippen MR) is 133 cm³/mol. The summed E-state index contributed by atoms with van der Waals surface area (Å²) in [5, 5.41) is 12.7. The first-order valence-corrected chi connectivity index (χ1v) is 12.6. The van der Waals surface area contributed by atoms with Crippen LogP contribution in [-0.4, -0.2) is 53.2 Å².